The molecule has 0 saturated heterocycles. The maximum atomic E-state index is 11.5. The Kier molecular flexibility index (Phi) is 4.49. The van der Waals surface area contributed by atoms with E-state index in [4.69, 9.17) is 9.84 Å². The zero-order chi connectivity index (χ0) is 13.8. The highest BCUT2D eigenvalue weighted by Gasteiger charge is 2.18. The van der Waals surface area contributed by atoms with Crippen molar-refractivity contribution in [2.24, 2.45) is 0 Å². The van der Waals surface area contributed by atoms with Crippen LogP contribution in [0.3, 0.4) is 0 Å². The number of nitrogens with zero attached hydrogens (tertiary/aromatic N) is 1. The molecule has 0 fully saturated rings. The predicted molar refractivity (Wildman–Crippen MR) is 65.0 cm³/mol. The topological polar surface area (TPSA) is 106 Å². The van der Waals surface area contributed by atoms with Gasteiger partial charge in [0.25, 0.3) is 0 Å². The van der Waals surface area contributed by atoms with Crippen molar-refractivity contribution < 1.29 is 23.1 Å². The molecular formula is C10H14N2O5S. The number of hydrogen-bond acceptors (Lipinski definition) is 5. The number of ether oxygens (including phenoxy) is 1. The molecule has 0 atom stereocenters. The fraction of sp³-hybridized carbons (Fsp3) is 0.400. The molecule has 0 aromatic carbocycles. The summed E-state index contributed by atoms with van der Waals surface area (Å²) in [5.74, 6) is -2.33. The molecule has 0 spiro atoms. The predicted octanol–water partition coefficient (Wildman–Crippen LogP) is 0.695. The van der Waals surface area contributed by atoms with Crippen LogP contribution in [0.25, 0.3) is 0 Å². The summed E-state index contributed by atoms with van der Waals surface area (Å²) >= 11 is 0. The molecule has 1 aromatic rings. The van der Waals surface area contributed by atoms with Gasteiger partial charge in [0.05, 0.1) is 6.10 Å². The number of carboxylic acid groups (broad SMARTS) is 1. The van der Waals surface area contributed by atoms with Gasteiger partial charge in [-0.25, -0.2) is 13.4 Å². The second kappa shape index (κ2) is 5.67. The number of hydrogen-bond donors (Lipinski definition) is 2. The second-order valence-corrected chi connectivity index (χ2v) is 5.50. The molecule has 1 heterocycles. The summed E-state index contributed by atoms with van der Waals surface area (Å²) in [7, 11) is -3.96. The van der Waals surface area contributed by atoms with Gasteiger partial charge in [-0.2, -0.15) is 0 Å². The summed E-state index contributed by atoms with van der Waals surface area (Å²) in [6.07, 6.45) is 1.27. The number of nitrogens with one attached hydrogen (secondary N) is 1. The third-order valence-corrected chi connectivity index (χ3v) is 2.86. The lowest BCUT2D eigenvalue weighted by atomic mass is 10.4. The largest absolute Gasteiger partial charge is 0.480 e. The zero-order valence-corrected chi connectivity index (χ0v) is 10.8. The van der Waals surface area contributed by atoms with E-state index in [1.165, 1.54) is 18.3 Å². The second-order valence-electron chi connectivity index (χ2n) is 3.78. The van der Waals surface area contributed by atoms with Gasteiger partial charge in [-0.15, -0.1) is 0 Å². The highest BCUT2D eigenvalue weighted by atomic mass is 32.2. The number of carbonyl (C=O) groups is 1. The van der Waals surface area contributed by atoms with Gasteiger partial charge < -0.3 is 9.84 Å². The highest BCUT2D eigenvalue weighted by molar-refractivity contribution is 7.93. The number of aliphatic carboxylic acids is 1. The van der Waals surface area contributed by atoms with E-state index in [1.54, 1.807) is 13.8 Å². The van der Waals surface area contributed by atoms with Gasteiger partial charge >= 0.3 is 5.97 Å². The molecule has 0 aliphatic heterocycles. The Labute approximate surface area is 105 Å². The first-order chi connectivity index (χ1) is 8.30. The van der Waals surface area contributed by atoms with Crippen LogP contribution in [0.2, 0.25) is 0 Å². The third-order valence-electron chi connectivity index (χ3n) is 1.70. The molecule has 1 rings (SSSR count). The van der Waals surface area contributed by atoms with E-state index in [0.717, 1.165) is 0 Å². The Morgan fingerprint density at radius 3 is 2.78 bits per heavy atom. The normalized spacial score (nSPS) is 11.3. The number of carboxylic acids is 1. The minimum absolute atomic E-state index is 0.112. The number of aromatic nitrogens is 1. The van der Waals surface area contributed by atoms with Gasteiger partial charge in [0, 0.05) is 6.20 Å². The van der Waals surface area contributed by atoms with Crippen molar-refractivity contribution in [3.63, 3.8) is 0 Å². The lowest BCUT2D eigenvalue weighted by Crippen LogP contribution is -2.23. The van der Waals surface area contributed by atoms with Crippen LogP contribution in [0.1, 0.15) is 13.8 Å². The Hall–Kier alpha value is -1.83. The molecule has 0 unspecified atom stereocenters. The molecule has 0 bridgehead atoms. The van der Waals surface area contributed by atoms with Crippen LogP contribution >= 0.6 is 0 Å². The Morgan fingerprint density at radius 2 is 2.22 bits per heavy atom. The van der Waals surface area contributed by atoms with Crippen molar-refractivity contribution in [3.05, 3.63) is 18.3 Å². The van der Waals surface area contributed by atoms with E-state index in [9.17, 15) is 13.2 Å². The minimum Gasteiger partial charge on any atom is -0.480 e. The van der Waals surface area contributed by atoms with E-state index in [2.05, 4.69) is 9.71 Å². The first kappa shape index (κ1) is 14.2. The fourth-order valence-corrected chi connectivity index (χ4v) is 2.04. The van der Waals surface area contributed by atoms with Crippen molar-refractivity contribution in [1.82, 2.24) is 4.98 Å². The zero-order valence-electron chi connectivity index (χ0n) is 9.95. The van der Waals surface area contributed by atoms with E-state index >= 15 is 0 Å². The molecule has 8 heteroatoms. The summed E-state index contributed by atoms with van der Waals surface area (Å²) < 4.78 is 30.4. The third kappa shape index (κ3) is 4.58. The lowest BCUT2D eigenvalue weighted by molar-refractivity contribution is -0.134. The van der Waals surface area contributed by atoms with Gasteiger partial charge in [-0.1, -0.05) is 0 Å². The van der Waals surface area contributed by atoms with Gasteiger partial charge in [0.15, 0.2) is 5.75 Å². The van der Waals surface area contributed by atoms with Crippen molar-refractivity contribution in [1.29, 1.82) is 0 Å². The molecule has 0 radical (unpaired) electrons. The summed E-state index contributed by atoms with van der Waals surface area (Å²) in [5.41, 5.74) is 0.118. The molecule has 2 N–H and O–H groups in total. The van der Waals surface area contributed by atoms with Crippen LogP contribution in [0.15, 0.2) is 18.3 Å². The first-order valence-electron chi connectivity index (χ1n) is 5.14. The molecule has 18 heavy (non-hydrogen) atoms. The van der Waals surface area contributed by atoms with Crippen LogP contribution in [0.4, 0.5) is 5.69 Å². The molecule has 0 amide bonds. The quantitative estimate of drug-likeness (QED) is 0.790. The summed E-state index contributed by atoms with van der Waals surface area (Å²) in [6.45, 7) is 3.54. The summed E-state index contributed by atoms with van der Waals surface area (Å²) in [6, 6.07) is 2.97. The maximum absolute atomic E-state index is 11.5. The molecular weight excluding hydrogens is 260 g/mol. The monoisotopic (exact) mass is 274 g/mol. The van der Waals surface area contributed by atoms with Gasteiger partial charge in [0.2, 0.25) is 15.9 Å². The van der Waals surface area contributed by atoms with Crippen LogP contribution < -0.4 is 9.46 Å². The number of anilines is 1. The molecule has 100 valence electrons. The first-order valence-corrected chi connectivity index (χ1v) is 6.79. The molecule has 7 nitrogen and oxygen atoms in total. The highest BCUT2D eigenvalue weighted by Crippen LogP contribution is 2.22. The van der Waals surface area contributed by atoms with E-state index in [1.807, 2.05) is 0 Å². The van der Waals surface area contributed by atoms with Crippen molar-refractivity contribution in [3.8, 4) is 5.88 Å². The maximum Gasteiger partial charge on any atom is 0.320 e. The Morgan fingerprint density at radius 1 is 1.56 bits per heavy atom. The standard InChI is InChI=1S/C10H14N2O5S/c1-7(2)17-10-8(4-3-5-11-10)12-18(15,16)6-9(13)14/h3-5,7,12H,6H2,1-2H3,(H,13,14). The average molecular weight is 274 g/mol. The molecule has 0 aliphatic carbocycles. The SMILES string of the molecule is CC(C)Oc1ncccc1NS(=O)(=O)CC(=O)O. The van der Waals surface area contributed by atoms with Crippen LogP contribution in [-0.4, -0.2) is 36.3 Å². The van der Waals surface area contributed by atoms with Gasteiger partial charge in [-0.3, -0.25) is 9.52 Å². The average Bonchev–Trinajstić information content (AvgIpc) is 2.17. The summed E-state index contributed by atoms with van der Waals surface area (Å²) in [4.78, 5) is 14.3. The Bertz CT molecular complexity index is 527. The van der Waals surface area contributed by atoms with Gasteiger partial charge in [0.1, 0.15) is 5.69 Å². The van der Waals surface area contributed by atoms with Crippen LogP contribution in [-0.2, 0) is 14.8 Å². The van der Waals surface area contributed by atoms with E-state index in [0.29, 0.717) is 0 Å². The molecule has 0 saturated carbocycles. The van der Waals surface area contributed by atoms with Crippen molar-refractivity contribution in [2.75, 3.05) is 10.5 Å². The lowest BCUT2D eigenvalue weighted by Gasteiger charge is -2.13. The number of sulfonamides is 1. The van der Waals surface area contributed by atoms with E-state index < -0.39 is 21.7 Å². The fourth-order valence-electron chi connectivity index (χ4n) is 1.15. The minimum atomic E-state index is -3.96. The smallest absolute Gasteiger partial charge is 0.320 e. The number of rotatable bonds is 6. The van der Waals surface area contributed by atoms with Crippen LogP contribution in [0, 0.1) is 0 Å². The van der Waals surface area contributed by atoms with Gasteiger partial charge in [-0.05, 0) is 26.0 Å². The Balaban J connectivity index is 2.93. The summed E-state index contributed by atoms with van der Waals surface area (Å²) in [5, 5.41) is 8.48. The van der Waals surface area contributed by atoms with Crippen molar-refractivity contribution in [2.45, 2.75) is 20.0 Å². The van der Waals surface area contributed by atoms with Crippen molar-refractivity contribution >= 4 is 21.7 Å². The molecule has 1 aromatic heterocycles. The van der Waals surface area contributed by atoms with E-state index in [-0.39, 0.29) is 17.7 Å². The number of pyridine rings is 1. The molecule has 0 aliphatic rings. The van der Waals surface area contributed by atoms with Crippen LogP contribution in [0.5, 0.6) is 5.88 Å².